The van der Waals surface area contributed by atoms with Crippen molar-refractivity contribution in [1.29, 1.82) is 0 Å². The summed E-state index contributed by atoms with van der Waals surface area (Å²) in [4.78, 5) is 0. The average molecular weight is 554 g/mol. The summed E-state index contributed by atoms with van der Waals surface area (Å²) < 4.78 is 0. The van der Waals surface area contributed by atoms with Crippen LogP contribution in [0.25, 0.3) is 0 Å². The molecule has 0 unspecified atom stereocenters. The van der Waals surface area contributed by atoms with Gasteiger partial charge in [0.05, 0.1) is 0 Å². The summed E-state index contributed by atoms with van der Waals surface area (Å²) in [7, 11) is 0. The maximum Gasteiger partial charge on any atom is 0.226 e. The van der Waals surface area contributed by atoms with Crippen LogP contribution in [0.15, 0.2) is 11.1 Å². The average Bonchev–Trinajstić information content (AvgIpc) is 2.86. The van der Waals surface area contributed by atoms with Crippen molar-refractivity contribution < 1.29 is 0 Å². The van der Waals surface area contributed by atoms with Crippen molar-refractivity contribution in [1.82, 2.24) is 0 Å². The molecule has 0 aliphatic rings. The van der Waals surface area contributed by atoms with Gasteiger partial charge in [0, 0.05) is 0 Å². The van der Waals surface area contributed by atoms with Gasteiger partial charge in [-0.05, 0) is 44.8 Å². The fraction of sp³-hybridized carbons (Fsp3) is 0.939. The molecule has 0 atom stereocenters. The Hall–Kier alpha value is 0.285. The zero-order valence-electron chi connectivity index (χ0n) is 25.0. The topological polar surface area (TPSA) is 0 Å². The quantitative estimate of drug-likeness (QED) is 0.0514. The molecule has 0 N–H and O–H groups in total. The van der Waals surface area contributed by atoms with Crippen molar-refractivity contribution in [3.63, 3.8) is 0 Å². The van der Waals surface area contributed by atoms with Crippen LogP contribution in [0, 0.1) is 0 Å². The summed E-state index contributed by atoms with van der Waals surface area (Å²) in [5, 5.41) is 0. The summed E-state index contributed by atoms with van der Waals surface area (Å²) in [6.07, 6.45) is 38.0. The summed E-state index contributed by atoms with van der Waals surface area (Å²) >= 11 is 4.14. The second-order valence-electron chi connectivity index (χ2n) is 11.4. The van der Waals surface area contributed by atoms with E-state index < -0.39 is 0 Å². The van der Waals surface area contributed by atoms with Crippen molar-refractivity contribution in [2.24, 2.45) is 0 Å². The molecule has 0 nitrogen and oxygen atoms in total. The predicted molar refractivity (Wildman–Crippen MR) is 169 cm³/mol. The minimum absolute atomic E-state index is 0.693. The Kier molecular flexibility index (Phi) is 29.1. The first-order chi connectivity index (χ1) is 17.2. The van der Waals surface area contributed by atoms with Crippen LogP contribution in [0.4, 0.5) is 0 Å². The summed E-state index contributed by atoms with van der Waals surface area (Å²) in [5.41, 5.74) is 4.45. The van der Waals surface area contributed by atoms with Gasteiger partial charge in [0.2, 0.25) is 5.54 Å². The number of hydrogen-bond donors (Lipinski definition) is 0. The molecule has 0 amide bonds. The van der Waals surface area contributed by atoms with E-state index in [1.54, 1.807) is 0 Å². The zero-order chi connectivity index (χ0) is 25.8. The van der Waals surface area contributed by atoms with E-state index in [1.807, 2.05) is 11.1 Å². The van der Waals surface area contributed by atoms with E-state index in [1.165, 1.54) is 173 Å². The van der Waals surface area contributed by atoms with Crippen LogP contribution in [0.5, 0.6) is 0 Å². The number of rotatable bonds is 28. The highest BCUT2D eigenvalue weighted by molar-refractivity contribution is 9.24. The molecule has 0 aromatic heterocycles. The van der Waals surface area contributed by atoms with Gasteiger partial charge in [0.25, 0.3) is 0 Å². The van der Waals surface area contributed by atoms with E-state index in [9.17, 15) is 0 Å². The molecule has 0 saturated heterocycles. The second kappa shape index (κ2) is 28.9. The van der Waals surface area contributed by atoms with E-state index in [4.69, 9.17) is 0 Å². The third kappa shape index (κ3) is 24.4. The standard InChI is InChI=1S/C33H66BBr/c1-5-9-13-17-20-24-27-32(28-25-21-18-14-10-6-2)33(29-23-16-12-8-4)31-34(35)30-26-22-19-15-11-7-3/h5-31H2,1-4H3. The van der Waals surface area contributed by atoms with Gasteiger partial charge in [-0.2, -0.15) is 15.8 Å². The van der Waals surface area contributed by atoms with Gasteiger partial charge in [-0.25, -0.2) is 0 Å². The van der Waals surface area contributed by atoms with Crippen molar-refractivity contribution in [3.05, 3.63) is 11.1 Å². The third-order valence-corrected chi connectivity index (χ3v) is 8.62. The van der Waals surface area contributed by atoms with Crippen molar-refractivity contribution in [3.8, 4) is 0 Å². The van der Waals surface area contributed by atoms with E-state index in [2.05, 4.69) is 43.5 Å². The molecule has 0 saturated carbocycles. The second-order valence-corrected chi connectivity index (χ2v) is 12.7. The highest BCUT2D eigenvalue weighted by Gasteiger charge is 2.16. The molecule has 0 heterocycles. The maximum absolute atomic E-state index is 4.14. The number of unbranched alkanes of at least 4 members (excludes halogenated alkanes) is 18. The summed E-state index contributed by atoms with van der Waals surface area (Å²) in [5.74, 6) is 0. The Labute approximate surface area is 232 Å². The first kappa shape index (κ1) is 35.3. The van der Waals surface area contributed by atoms with Gasteiger partial charge in [-0.3, -0.25) is 0 Å². The van der Waals surface area contributed by atoms with Gasteiger partial charge in [-0.1, -0.05) is 167 Å². The molecule has 0 aromatic rings. The van der Waals surface area contributed by atoms with Gasteiger partial charge >= 0.3 is 0 Å². The summed E-state index contributed by atoms with van der Waals surface area (Å²) in [6.45, 7) is 9.31. The fourth-order valence-electron chi connectivity index (χ4n) is 5.42. The number of halogens is 1. The van der Waals surface area contributed by atoms with Crippen LogP contribution in [-0.4, -0.2) is 5.54 Å². The van der Waals surface area contributed by atoms with Crippen LogP contribution in [0.3, 0.4) is 0 Å². The van der Waals surface area contributed by atoms with Crippen molar-refractivity contribution in [2.45, 2.75) is 201 Å². The van der Waals surface area contributed by atoms with E-state index in [0.29, 0.717) is 5.54 Å². The van der Waals surface area contributed by atoms with Gasteiger partial charge in [0.1, 0.15) is 0 Å². The Morgan fingerprint density at radius 3 is 1.14 bits per heavy atom. The lowest BCUT2D eigenvalue weighted by molar-refractivity contribution is 0.577. The molecule has 0 aliphatic heterocycles. The third-order valence-electron chi connectivity index (χ3n) is 7.84. The minimum Gasteiger partial charge on any atom is -0.156 e. The first-order valence-corrected chi connectivity index (χ1v) is 17.4. The fourth-order valence-corrected chi connectivity index (χ4v) is 6.13. The molecule has 0 bridgehead atoms. The van der Waals surface area contributed by atoms with Crippen LogP contribution < -0.4 is 0 Å². The monoisotopic (exact) mass is 552 g/mol. The van der Waals surface area contributed by atoms with Crippen LogP contribution >= 0.6 is 15.8 Å². The minimum atomic E-state index is 0.693. The lowest BCUT2D eigenvalue weighted by atomic mass is 9.65. The molecule has 0 radical (unpaired) electrons. The van der Waals surface area contributed by atoms with Crippen LogP contribution in [0.2, 0.25) is 12.6 Å². The van der Waals surface area contributed by atoms with Crippen molar-refractivity contribution >= 4 is 21.3 Å². The zero-order valence-corrected chi connectivity index (χ0v) is 26.6. The molecule has 0 fully saturated rings. The van der Waals surface area contributed by atoms with Crippen molar-refractivity contribution in [2.75, 3.05) is 0 Å². The molecule has 0 spiro atoms. The van der Waals surface area contributed by atoms with Crippen LogP contribution in [-0.2, 0) is 0 Å². The molecule has 35 heavy (non-hydrogen) atoms. The summed E-state index contributed by atoms with van der Waals surface area (Å²) in [6, 6.07) is 0. The lowest BCUT2D eigenvalue weighted by Gasteiger charge is -2.18. The molecule has 2 heteroatoms. The normalized spacial score (nSPS) is 11.2. The SMILES string of the molecule is CCCCCCCCB(Br)CC(CCCCCC)=C(CCCCCCCC)CCCCCCCC. The molecule has 0 aromatic carbocycles. The lowest BCUT2D eigenvalue weighted by Crippen LogP contribution is -2.07. The Bertz CT molecular complexity index is 426. The van der Waals surface area contributed by atoms with Gasteiger partial charge in [-0.15, -0.1) is 0 Å². The predicted octanol–water partition coefficient (Wildman–Crippen LogP) is 13.5. The van der Waals surface area contributed by atoms with Crippen LogP contribution in [0.1, 0.15) is 188 Å². The van der Waals surface area contributed by atoms with E-state index in [0.717, 1.165) is 0 Å². The Morgan fingerprint density at radius 1 is 0.400 bits per heavy atom. The highest BCUT2D eigenvalue weighted by atomic mass is 79.9. The van der Waals surface area contributed by atoms with Gasteiger partial charge < -0.3 is 0 Å². The Balaban J connectivity index is 4.96. The first-order valence-electron chi connectivity index (χ1n) is 16.5. The molecule has 0 aliphatic carbocycles. The van der Waals surface area contributed by atoms with E-state index in [-0.39, 0.29) is 0 Å². The maximum atomic E-state index is 4.14. The number of allylic oxidation sites excluding steroid dienone is 2. The smallest absolute Gasteiger partial charge is 0.156 e. The van der Waals surface area contributed by atoms with Gasteiger partial charge in [0.15, 0.2) is 0 Å². The molecular weight excluding hydrogens is 487 g/mol. The molecule has 0 rings (SSSR count). The largest absolute Gasteiger partial charge is 0.226 e. The molecular formula is C33H66BBr. The number of hydrogen-bond acceptors (Lipinski definition) is 0. The van der Waals surface area contributed by atoms with E-state index >= 15 is 0 Å². The highest BCUT2D eigenvalue weighted by Crippen LogP contribution is 2.30. The molecule has 208 valence electrons. The Morgan fingerprint density at radius 2 is 0.714 bits per heavy atom.